The summed E-state index contributed by atoms with van der Waals surface area (Å²) in [5.41, 5.74) is 5.66. The van der Waals surface area contributed by atoms with Gasteiger partial charge in [0, 0.05) is 42.4 Å². The average molecular weight is 479 g/mol. The van der Waals surface area contributed by atoms with Gasteiger partial charge in [-0.2, -0.15) is 5.10 Å². The Kier molecular flexibility index (Phi) is 7.95. The van der Waals surface area contributed by atoms with E-state index in [1.165, 1.54) is 12.2 Å². The molecule has 4 aromatic rings. The Morgan fingerprint density at radius 2 is 1.67 bits per heavy atom. The third-order valence-corrected chi connectivity index (χ3v) is 5.95. The van der Waals surface area contributed by atoms with Crippen LogP contribution in [0.5, 0.6) is 0 Å². The standard InChI is InChI=1S/C30H30N4O2/c1-21(2)34-20-26(19-32-34)30-22(3)18-31-29(33-30)17-24-11-9-23(10-12-24)13-14-27(35)15-16-28(36)25-7-5-4-6-8-25/h4-12,15-16,18-21H,13-14,17H2,1-3H3/b16-15+. The molecule has 2 heterocycles. The lowest BCUT2D eigenvalue weighted by molar-refractivity contribution is -0.114. The number of carbonyl (C=O) groups is 2. The first kappa shape index (κ1) is 24.9. The Balaban J connectivity index is 1.33. The maximum absolute atomic E-state index is 12.2. The number of carbonyl (C=O) groups excluding carboxylic acids is 2. The van der Waals surface area contributed by atoms with Gasteiger partial charge in [-0.15, -0.1) is 0 Å². The van der Waals surface area contributed by atoms with Crippen LogP contribution < -0.4 is 0 Å². The molecule has 36 heavy (non-hydrogen) atoms. The minimum absolute atomic E-state index is 0.0651. The molecule has 0 aliphatic carbocycles. The van der Waals surface area contributed by atoms with Crippen LogP contribution in [0.3, 0.4) is 0 Å². The molecule has 0 saturated heterocycles. The summed E-state index contributed by atoms with van der Waals surface area (Å²) in [5.74, 6) is 0.525. The van der Waals surface area contributed by atoms with Crippen molar-refractivity contribution >= 4 is 11.6 Å². The van der Waals surface area contributed by atoms with Crippen LogP contribution in [0.1, 0.15) is 59.2 Å². The summed E-state index contributed by atoms with van der Waals surface area (Å²) in [6, 6.07) is 17.4. The number of aromatic nitrogens is 4. The van der Waals surface area contributed by atoms with E-state index in [0.717, 1.165) is 33.8 Å². The van der Waals surface area contributed by atoms with Crippen molar-refractivity contribution in [1.29, 1.82) is 0 Å². The fraction of sp³-hybridized carbons (Fsp3) is 0.233. The maximum atomic E-state index is 12.2. The Hall–Kier alpha value is -4.19. The molecule has 2 aromatic carbocycles. The summed E-state index contributed by atoms with van der Waals surface area (Å²) in [7, 11) is 0. The maximum Gasteiger partial charge on any atom is 0.185 e. The molecular weight excluding hydrogens is 448 g/mol. The Labute approximate surface area is 211 Å². The Bertz CT molecular complexity index is 1370. The lowest BCUT2D eigenvalue weighted by atomic mass is 10.0. The quantitative estimate of drug-likeness (QED) is 0.214. The second-order valence-corrected chi connectivity index (χ2v) is 9.14. The number of hydrogen-bond acceptors (Lipinski definition) is 5. The molecule has 6 nitrogen and oxygen atoms in total. The van der Waals surface area contributed by atoms with Gasteiger partial charge in [0.25, 0.3) is 0 Å². The topological polar surface area (TPSA) is 77.7 Å². The van der Waals surface area contributed by atoms with Gasteiger partial charge in [-0.25, -0.2) is 9.97 Å². The SMILES string of the molecule is Cc1cnc(Cc2ccc(CCC(=O)/C=C/C(=O)c3ccccc3)cc2)nc1-c1cnn(C(C)C)c1. The molecule has 0 amide bonds. The van der Waals surface area contributed by atoms with Gasteiger partial charge in [0.1, 0.15) is 5.82 Å². The van der Waals surface area contributed by atoms with E-state index in [1.807, 2.05) is 60.5 Å². The molecule has 0 aliphatic rings. The number of rotatable bonds is 10. The first-order chi connectivity index (χ1) is 17.4. The zero-order valence-electron chi connectivity index (χ0n) is 20.9. The zero-order chi connectivity index (χ0) is 25.5. The van der Waals surface area contributed by atoms with Gasteiger partial charge >= 0.3 is 0 Å². The van der Waals surface area contributed by atoms with Crippen LogP contribution in [0.15, 0.2) is 85.3 Å². The fourth-order valence-corrected chi connectivity index (χ4v) is 3.82. The molecule has 6 heteroatoms. The highest BCUT2D eigenvalue weighted by atomic mass is 16.1. The molecule has 0 saturated carbocycles. The van der Waals surface area contributed by atoms with Crippen molar-refractivity contribution in [3.63, 3.8) is 0 Å². The highest BCUT2D eigenvalue weighted by molar-refractivity contribution is 6.07. The third kappa shape index (κ3) is 6.48. The van der Waals surface area contributed by atoms with Crippen LogP contribution in [-0.2, 0) is 17.6 Å². The lowest BCUT2D eigenvalue weighted by Gasteiger charge is -2.07. The normalized spacial score (nSPS) is 11.3. The second kappa shape index (κ2) is 11.5. The van der Waals surface area contributed by atoms with Crippen molar-refractivity contribution in [2.45, 2.75) is 46.1 Å². The van der Waals surface area contributed by atoms with E-state index in [4.69, 9.17) is 4.98 Å². The van der Waals surface area contributed by atoms with Crippen LogP contribution in [0.2, 0.25) is 0 Å². The van der Waals surface area contributed by atoms with E-state index < -0.39 is 0 Å². The van der Waals surface area contributed by atoms with Crippen molar-refractivity contribution in [2.24, 2.45) is 0 Å². The number of nitrogens with zero attached hydrogens (tertiary/aromatic N) is 4. The average Bonchev–Trinajstić information content (AvgIpc) is 3.39. The number of ketones is 2. The highest BCUT2D eigenvalue weighted by Gasteiger charge is 2.11. The molecule has 0 unspecified atom stereocenters. The van der Waals surface area contributed by atoms with Crippen LogP contribution >= 0.6 is 0 Å². The van der Waals surface area contributed by atoms with E-state index in [-0.39, 0.29) is 11.6 Å². The molecule has 0 bridgehead atoms. The minimum atomic E-state index is -0.163. The predicted octanol–water partition coefficient (Wildman–Crippen LogP) is 5.76. The van der Waals surface area contributed by atoms with Crippen LogP contribution in [0.4, 0.5) is 0 Å². The van der Waals surface area contributed by atoms with Crippen molar-refractivity contribution in [1.82, 2.24) is 19.7 Å². The summed E-state index contributed by atoms with van der Waals surface area (Å²) < 4.78 is 1.93. The Morgan fingerprint density at radius 1 is 0.944 bits per heavy atom. The second-order valence-electron chi connectivity index (χ2n) is 9.14. The Morgan fingerprint density at radius 3 is 2.36 bits per heavy atom. The van der Waals surface area contributed by atoms with Crippen molar-refractivity contribution < 1.29 is 9.59 Å². The van der Waals surface area contributed by atoms with Gasteiger partial charge in [0.05, 0.1) is 11.9 Å². The van der Waals surface area contributed by atoms with Crippen molar-refractivity contribution in [2.75, 3.05) is 0 Å². The molecule has 182 valence electrons. The summed E-state index contributed by atoms with van der Waals surface area (Å²) in [6.07, 6.45) is 10.1. The largest absolute Gasteiger partial charge is 0.295 e. The van der Waals surface area contributed by atoms with Crippen LogP contribution in [-0.4, -0.2) is 31.3 Å². The van der Waals surface area contributed by atoms with E-state index in [0.29, 0.717) is 30.9 Å². The first-order valence-electron chi connectivity index (χ1n) is 12.1. The fourth-order valence-electron chi connectivity index (χ4n) is 3.82. The molecule has 0 fully saturated rings. The van der Waals surface area contributed by atoms with Crippen LogP contribution in [0, 0.1) is 6.92 Å². The van der Waals surface area contributed by atoms with Crippen LogP contribution in [0.25, 0.3) is 11.3 Å². The number of aryl methyl sites for hydroxylation is 2. The van der Waals surface area contributed by atoms with Gasteiger partial charge in [0.2, 0.25) is 0 Å². The van der Waals surface area contributed by atoms with Crippen molar-refractivity contribution in [3.05, 3.63) is 113 Å². The summed E-state index contributed by atoms with van der Waals surface area (Å²) in [6.45, 7) is 6.20. The summed E-state index contributed by atoms with van der Waals surface area (Å²) in [5, 5.41) is 4.43. The van der Waals surface area contributed by atoms with E-state index in [9.17, 15) is 9.59 Å². The monoisotopic (exact) mass is 478 g/mol. The van der Waals surface area contributed by atoms with E-state index in [1.54, 1.807) is 24.3 Å². The molecule has 0 N–H and O–H groups in total. The zero-order valence-corrected chi connectivity index (χ0v) is 20.9. The minimum Gasteiger partial charge on any atom is -0.295 e. The molecule has 0 aliphatic heterocycles. The van der Waals surface area contributed by atoms with Gasteiger partial charge < -0.3 is 0 Å². The first-order valence-corrected chi connectivity index (χ1v) is 12.1. The molecule has 2 aromatic heterocycles. The molecule has 4 rings (SSSR count). The predicted molar refractivity (Wildman–Crippen MR) is 141 cm³/mol. The van der Waals surface area contributed by atoms with Gasteiger partial charge in [-0.1, -0.05) is 54.6 Å². The molecule has 0 atom stereocenters. The summed E-state index contributed by atoms with van der Waals surface area (Å²) in [4.78, 5) is 33.6. The van der Waals surface area contributed by atoms with Gasteiger partial charge in [0.15, 0.2) is 11.6 Å². The smallest absolute Gasteiger partial charge is 0.185 e. The van der Waals surface area contributed by atoms with Crippen molar-refractivity contribution in [3.8, 4) is 11.3 Å². The number of allylic oxidation sites excluding steroid dienone is 2. The molecule has 0 spiro atoms. The van der Waals surface area contributed by atoms with Gasteiger partial charge in [-0.05, 0) is 56.0 Å². The third-order valence-electron chi connectivity index (χ3n) is 5.95. The van der Waals surface area contributed by atoms with E-state index in [2.05, 4.69) is 23.9 Å². The lowest BCUT2D eigenvalue weighted by Crippen LogP contribution is -2.01. The number of benzene rings is 2. The number of hydrogen-bond donors (Lipinski definition) is 0. The van der Waals surface area contributed by atoms with E-state index >= 15 is 0 Å². The molecule has 0 radical (unpaired) electrons. The molecular formula is C30H30N4O2. The highest BCUT2D eigenvalue weighted by Crippen LogP contribution is 2.22. The summed E-state index contributed by atoms with van der Waals surface area (Å²) >= 11 is 0. The van der Waals surface area contributed by atoms with Gasteiger partial charge in [-0.3, -0.25) is 14.3 Å².